The van der Waals surface area contributed by atoms with Gasteiger partial charge in [-0.25, -0.2) is 0 Å². The van der Waals surface area contributed by atoms with E-state index in [9.17, 15) is 0 Å². The number of hydrogen-bond acceptors (Lipinski definition) is 3. The molecule has 0 saturated heterocycles. The molecule has 1 aliphatic carbocycles. The lowest BCUT2D eigenvalue weighted by molar-refractivity contribution is 0.282. The molecule has 0 radical (unpaired) electrons. The third-order valence-electron chi connectivity index (χ3n) is 3.42. The zero-order valence-electron chi connectivity index (χ0n) is 12.2. The van der Waals surface area contributed by atoms with Gasteiger partial charge < -0.3 is 14.8 Å². The number of benzene rings is 1. The second kappa shape index (κ2) is 6.80. The minimum Gasteiger partial charge on any atom is -0.493 e. The highest BCUT2D eigenvalue weighted by molar-refractivity contribution is 5.42. The first-order valence-corrected chi connectivity index (χ1v) is 7.22. The van der Waals surface area contributed by atoms with Crippen LogP contribution in [0, 0.1) is 5.92 Å². The molecule has 0 atom stereocenters. The standard InChI is InChI=1S/C16H25NO2/c1-12(2)17-11-14-6-7-15(16(10-14)18-3)19-9-8-13-4-5-13/h6-7,10,12-13,17H,4-5,8-9,11H2,1-3H3. The van der Waals surface area contributed by atoms with Gasteiger partial charge in [-0.15, -0.1) is 0 Å². The maximum absolute atomic E-state index is 5.81. The third-order valence-corrected chi connectivity index (χ3v) is 3.42. The summed E-state index contributed by atoms with van der Waals surface area (Å²) in [5, 5.41) is 3.40. The Bertz CT molecular complexity index is 400. The van der Waals surface area contributed by atoms with E-state index in [1.807, 2.05) is 6.07 Å². The summed E-state index contributed by atoms with van der Waals surface area (Å²) in [6.45, 7) is 5.94. The van der Waals surface area contributed by atoms with Gasteiger partial charge in [0.1, 0.15) is 0 Å². The van der Waals surface area contributed by atoms with Crippen LogP contribution in [0.4, 0.5) is 0 Å². The maximum Gasteiger partial charge on any atom is 0.161 e. The Morgan fingerprint density at radius 2 is 2.05 bits per heavy atom. The van der Waals surface area contributed by atoms with Gasteiger partial charge in [-0.05, 0) is 30.0 Å². The fraction of sp³-hybridized carbons (Fsp3) is 0.625. The number of rotatable bonds is 8. The van der Waals surface area contributed by atoms with E-state index in [4.69, 9.17) is 9.47 Å². The van der Waals surface area contributed by atoms with Gasteiger partial charge in [-0.1, -0.05) is 32.8 Å². The van der Waals surface area contributed by atoms with Gasteiger partial charge in [0.15, 0.2) is 11.5 Å². The van der Waals surface area contributed by atoms with Gasteiger partial charge in [0.25, 0.3) is 0 Å². The molecule has 1 fully saturated rings. The van der Waals surface area contributed by atoms with Gasteiger partial charge >= 0.3 is 0 Å². The second-order valence-electron chi connectivity index (χ2n) is 5.60. The average molecular weight is 263 g/mol. The summed E-state index contributed by atoms with van der Waals surface area (Å²) in [7, 11) is 1.70. The highest BCUT2D eigenvalue weighted by Crippen LogP contribution is 2.33. The van der Waals surface area contributed by atoms with Crippen molar-refractivity contribution in [3.05, 3.63) is 23.8 Å². The largest absolute Gasteiger partial charge is 0.493 e. The van der Waals surface area contributed by atoms with Crippen LogP contribution in [0.15, 0.2) is 18.2 Å². The van der Waals surface area contributed by atoms with E-state index < -0.39 is 0 Å². The van der Waals surface area contributed by atoms with E-state index in [0.717, 1.165) is 30.6 Å². The summed E-state index contributed by atoms with van der Waals surface area (Å²) >= 11 is 0. The molecule has 19 heavy (non-hydrogen) atoms. The summed E-state index contributed by atoms with van der Waals surface area (Å²) in [4.78, 5) is 0. The van der Waals surface area contributed by atoms with E-state index in [1.54, 1.807) is 7.11 Å². The minimum atomic E-state index is 0.487. The molecular formula is C16H25NO2. The predicted octanol–water partition coefficient (Wildman–Crippen LogP) is 3.37. The van der Waals surface area contributed by atoms with Crippen LogP contribution in [0.2, 0.25) is 0 Å². The zero-order chi connectivity index (χ0) is 13.7. The smallest absolute Gasteiger partial charge is 0.161 e. The van der Waals surface area contributed by atoms with Gasteiger partial charge in [-0.2, -0.15) is 0 Å². The summed E-state index contributed by atoms with van der Waals surface area (Å²) in [6.07, 6.45) is 3.92. The Morgan fingerprint density at radius 1 is 1.26 bits per heavy atom. The quantitative estimate of drug-likeness (QED) is 0.780. The van der Waals surface area contributed by atoms with Crippen LogP contribution >= 0.6 is 0 Å². The summed E-state index contributed by atoms with van der Waals surface area (Å²) in [5.41, 5.74) is 1.22. The van der Waals surface area contributed by atoms with Gasteiger partial charge in [0, 0.05) is 12.6 Å². The van der Waals surface area contributed by atoms with Gasteiger partial charge in [0.05, 0.1) is 13.7 Å². The molecule has 0 heterocycles. The second-order valence-corrected chi connectivity index (χ2v) is 5.60. The molecule has 2 rings (SSSR count). The van der Waals surface area contributed by atoms with E-state index in [1.165, 1.54) is 24.8 Å². The number of hydrogen-bond donors (Lipinski definition) is 1. The molecule has 1 aromatic carbocycles. The molecule has 1 saturated carbocycles. The van der Waals surface area contributed by atoms with Crippen molar-refractivity contribution in [2.24, 2.45) is 5.92 Å². The maximum atomic E-state index is 5.81. The van der Waals surface area contributed by atoms with Crippen LogP contribution in [-0.2, 0) is 6.54 Å². The molecule has 0 spiro atoms. The average Bonchev–Trinajstić information content (AvgIpc) is 3.21. The number of methoxy groups -OCH3 is 1. The van der Waals surface area contributed by atoms with E-state index in [0.29, 0.717) is 6.04 Å². The van der Waals surface area contributed by atoms with Crippen LogP contribution in [0.5, 0.6) is 11.5 Å². The minimum absolute atomic E-state index is 0.487. The van der Waals surface area contributed by atoms with Crippen molar-refractivity contribution >= 4 is 0 Å². The normalized spacial score (nSPS) is 14.7. The molecule has 1 aromatic rings. The topological polar surface area (TPSA) is 30.5 Å². The number of ether oxygens (including phenoxy) is 2. The summed E-state index contributed by atoms with van der Waals surface area (Å²) < 4.78 is 11.2. The fourth-order valence-corrected chi connectivity index (χ4v) is 2.01. The van der Waals surface area contributed by atoms with E-state index >= 15 is 0 Å². The first-order valence-electron chi connectivity index (χ1n) is 7.22. The molecule has 3 nitrogen and oxygen atoms in total. The molecule has 0 bridgehead atoms. The first-order chi connectivity index (χ1) is 9.19. The zero-order valence-corrected chi connectivity index (χ0v) is 12.2. The Kier molecular flexibility index (Phi) is 5.08. The van der Waals surface area contributed by atoms with Crippen LogP contribution in [0.3, 0.4) is 0 Å². The Balaban J connectivity index is 1.90. The summed E-state index contributed by atoms with van der Waals surface area (Å²) in [6, 6.07) is 6.66. The predicted molar refractivity (Wildman–Crippen MR) is 77.8 cm³/mol. The SMILES string of the molecule is COc1cc(CNC(C)C)ccc1OCCC1CC1. The molecule has 1 aliphatic rings. The van der Waals surface area contributed by atoms with Crippen molar-refractivity contribution in [3.63, 3.8) is 0 Å². The van der Waals surface area contributed by atoms with Crippen molar-refractivity contribution in [1.82, 2.24) is 5.32 Å². The van der Waals surface area contributed by atoms with Gasteiger partial charge in [0.2, 0.25) is 0 Å². The molecule has 0 amide bonds. The highest BCUT2D eigenvalue weighted by atomic mass is 16.5. The van der Waals surface area contributed by atoms with Crippen molar-refractivity contribution < 1.29 is 9.47 Å². The molecule has 0 aromatic heterocycles. The van der Waals surface area contributed by atoms with E-state index in [2.05, 4.69) is 31.3 Å². The van der Waals surface area contributed by atoms with Crippen molar-refractivity contribution in [1.29, 1.82) is 0 Å². The van der Waals surface area contributed by atoms with Crippen LogP contribution in [-0.4, -0.2) is 19.8 Å². The monoisotopic (exact) mass is 263 g/mol. The van der Waals surface area contributed by atoms with Crippen molar-refractivity contribution in [2.75, 3.05) is 13.7 Å². The lowest BCUT2D eigenvalue weighted by atomic mass is 10.2. The Hall–Kier alpha value is -1.22. The van der Waals surface area contributed by atoms with Crippen LogP contribution in [0.1, 0.15) is 38.7 Å². The first kappa shape index (κ1) is 14.2. The van der Waals surface area contributed by atoms with Crippen molar-refractivity contribution in [2.45, 2.75) is 45.7 Å². The molecular weight excluding hydrogens is 238 g/mol. The third kappa shape index (κ3) is 4.75. The highest BCUT2D eigenvalue weighted by Gasteiger charge is 2.20. The lowest BCUT2D eigenvalue weighted by Crippen LogP contribution is -2.21. The number of nitrogens with one attached hydrogen (secondary N) is 1. The molecule has 1 N–H and O–H groups in total. The lowest BCUT2D eigenvalue weighted by Gasteiger charge is -2.13. The van der Waals surface area contributed by atoms with E-state index in [-0.39, 0.29) is 0 Å². The Labute approximate surface area is 116 Å². The van der Waals surface area contributed by atoms with Gasteiger partial charge in [-0.3, -0.25) is 0 Å². The van der Waals surface area contributed by atoms with Crippen LogP contribution in [0.25, 0.3) is 0 Å². The van der Waals surface area contributed by atoms with Crippen molar-refractivity contribution in [3.8, 4) is 11.5 Å². The molecule has 0 unspecified atom stereocenters. The summed E-state index contributed by atoms with van der Waals surface area (Å²) in [5.74, 6) is 2.59. The molecule has 0 aliphatic heterocycles. The molecule has 106 valence electrons. The molecule has 3 heteroatoms. The van der Waals surface area contributed by atoms with Crippen LogP contribution < -0.4 is 14.8 Å². The fourth-order valence-electron chi connectivity index (χ4n) is 2.01. The Morgan fingerprint density at radius 3 is 2.68 bits per heavy atom.